The first kappa shape index (κ1) is 8.06. The van der Waals surface area contributed by atoms with E-state index in [1.165, 1.54) is 4.68 Å². The zero-order chi connectivity index (χ0) is 9.26. The van der Waals surface area contributed by atoms with Crippen LogP contribution in [0.25, 0.3) is 11.6 Å². The van der Waals surface area contributed by atoms with Gasteiger partial charge in [-0.3, -0.25) is 4.98 Å². The van der Waals surface area contributed by atoms with Crippen molar-refractivity contribution in [3.05, 3.63) is 23.4 Å². The van der Waals surface area contributed by atoms with Gasteiger partial charge in [-0.05, 0) is 12.2 Å². The molecule has 0 saturated carbocycles. The summed E-state index contributed by atoms with van der Waals surface area (Å²) >= 11 is 4.86. The van der Waals surface area contributed by atoms with Gasteiger partial charge in [0.15, 0.2) is 0 Å². The second-order valence-electron chi connectivity index (χ2n) is 2.39. The van der Waals surface area contributed by atoms with Crippen LogP contribution in [-0.4, -0.2) is 19.7 Å². The lowest BCUT2D eigenvalue weighted by Crippen LogP contribution is -1.90. The lowest BCUT2D eigenvalue weighted by Gasteiger charge is -1.88. The highest BCUT2D eigenvalue weighted by atomic mass is 32.1. The van der Waals surface area contributed by atoms with Gasteiger partial charge < -0.3 is 4.42 Å². The first-order valence-electron chi connectivity index (χ1n) is 3.58. The summed E-state index contributed by atoms with van der Waals surface area (Å²) < 4.78 is 6.64. The molecule has 0 unspecified atom stereocenters. The number of rotatable bonds is 1. The topological polar surface area (TPSA) is 56.7 Å². The highest BCUT2D eigenvalue weighted by Gasteiger charge is 2.06. The van der Waals surface area contributed by atoms with Crippen LogP contribution < -0.4 is 0 Å². The number of aromatic nitrogens is 4. The molecule has 2 aromatic rings. The Hall–Kier alpha value is -1.56. The number of nitrogens with zero attached hydrogens (tertiary/aromatic N) is 4. The Morgan fingerprint density at radius 3 is 2.85 bits per heavy atom. The summed E-state index contributed by atoms with van der Waals surface area (Å²) in [7, 11) is 1.71. The van der Waals surface area contributed by atoms with E-state index in [0.29, 0.717) is 16.4 Å². The van der Waals surface area contributed by atoms with E-state index in [2.05, 4.69) is 15.1 Å². The van der Waals surface area contributed by atoms with E-state index in [9.17, 15) is 0 Å². The first-order chi connectivity index (χ1) is 6.27. The Morgan fingerprint density at radius 2 is 2.31 bits per heavy atom. The molecular weight excluding hydrogens is 188 g/mol. The van der Waals surface area contributed by atoms with Crippen molar-refractivity contribution in [1.29, 1.82) is 0 Å². The molecule has 2 rings (SSSR count). The molecule has 13 heavy (non-hydrogen) atoms. The minimum absolute atomic E-state index is 0.320. The van der Waals surface area contributed by atoms with Gasteiger partial charge in [-0.1, -0.05) is 0 Å². The second kappa shape index (κ2) is 3.06. The van der Waals surface area contributed by atoms with Gasteiger partial charge in [0.25, 0.3) is 10.7 Å². The van der Waals surface area contributed by atoms with Crippen LogP contribution in [0.4, 0.5) is 0 Å². The molecule has 0 radical (unpaired) electrons. The van der Waals surface area contributed by atoms with Gasteiger partial charge in [-0.25, -0.2) is 9.67 Å². The molecule has 66 valence electrons. The Bertz CT molecular complexity index is 461. The summed E-state index contributed by atoms with van der Waals surface area (Å²) in [5.74, 6) is 0.389. The second-order valence-corrected chi connectivity index (χ2v) is 2.74. The van der Waals surface area contributed by atoms with Gasteiger partial charge in [-0.15, -0.1) is 5.10 Å². The van der Waals surface area contributed by atoms with E-state index >= 15 is 0 Å². The maximum atomic E-state index is 5.16. The van der Waals surface area contributed by atoms with Crippen LogP contribution in [0.3, 0.4) is 0 Å². The molecule has 2 aromatic heterocycles. The fourth-order valence-corrected chi connectivity index (χ4v) is 0.979. The molecule has 5 nitrogen and oxygen atoms in total. The van der Waals surface area contributed by atoms with Crippen molar-refractivity contribution in [1.82, 2.24) is 19.7 Å². The minimum atomic E-state index is 0.320. The Balaban J connectivity index is 2.54. The van der Waals surface area contributed by atoms with Gasteiger partial charge in [0.05, 0.1) is 6.20 Å². The molecule has 0 fully saturated rings. The normalized spacial score (nSPS) is 10.2. The van der Waals surface area contributed by atoms with E-state index in [1.54, 1.807) is 25.6 Å². The van der Waals surface area contributed by atoms with Crippen LogP contribution in [0.1, 0.15) is 0 Å². The fourth-order valence-electron chi connectivity index (χ4n) is 0.859. The third kappa shape index (κ3) is 1.48. The summed E-state index contributed by atoms with van der Waals surface area (Å²) in [6.45, 7) is 0. The molecule has 6 heteroatoms. The monoisotopic (exact) mass is 194 g/mol. The van der Waals surface area contributed by atoms with Crippen LogP contribution in [0.15, 0.2) is 23.0 Å². The van der Waals surface area contributed by atoms with Crippen LogP contribution in [0.5, 0.6) is 0 Å². The summed E-state index contributed by atoms with van der Waals surface area (Å²) in [6, 6.07) is 0. The average Bonchev–Trinajstić information content (AvgIpc) is 2.49. The molecule has 0 aromatic carbocycles. The highest BCUT2D eigenvalue weighted by molar-refractivity contribution is 7.71. The smallest absolute Gasteiger partial charge is 0.287 e. The van der Waals surface area contributed by atoms with E-state index in [1.807, 2.05) is 0 Å². The van der Waals surface area contributed by atoms with Crippen molar-refractivity contribution < 1.29 is 4.42 Å². The van der Waals surface area contributed by atoms with Gasteiger partial charge in [0.1, 0.15) is 5.69 Å². The third-order valence-corrected chi connectivity index (χ3v) is 1.82. The van der Waals surface area contributed by atoms with Gasteiger partial charge in [0, 0.05) is 19.4 Å². The maximum Gasteiger partial charge on any atom is 0.287 e. The molecule has 2 heterocycles. The van der Waals surface area contributed by atoms with Gasteiger partial charge in [-0.2, -0.15) is 0 Å². The predicted octanol–water partition coefficient (Wildman–Crippen LogP) is 1.20. The first-order valence-corrected chi connectivity index (χ1v) is 3.99. The summed E-state index contributed by atoms with van der Waals surface area (Å²) in [5, 5.41) is 4.02. The third-order valence-electron chi connectivity index (χ3n) is 1.47. The summed E-state index contributed by atoms with van der Waals surface area (Å²) in [6.07, 6.45) is 4.73. The van der Waals surface area contributed by atoms with Gasteiger partial charge in [0.2, 0.25) is 0 Å². The summed E-state index contributed by atoms with van der Waals surface area (Å²) in [4.78, 5) is 8.24. The zero-order valence-corrected chi connectivity index (χ0v) is 7.65. The molecule has 0 bridgehead atoms. The number of hydrogen-bond acceptors (Lipinski definition) is 5. The minimum Gasteiger partial charge on any atom is -0.408 e. The van der Waals surface area contributed by atoms with E-state index < -0.39 is 0 Å². The molecule has 0 N–H and O–H groups in total. The van der Waals surface area contributed by atoms with Crippen LogP contribution in [0.2, 0.25) is 0 Å². The average molecular weight is 194 g/mol. The van der Waals surface area contributed by atoms with E-state index in [4.69, 9.17) is 16.6 Å². The van der Waals surface area contributed by atoms with Crippen molar-refractivity contribution in [2.24, 2.45) is 7.05 Å². The number of hydrogen-bond donors (Lipinski definition) is 0. The van der Waals surface area contributed by atoms with Crippen LogP contribution >= 0.6 is 12.2 Å². The molecule has 0 spiro atoms. The van der Waals surface area contributed by atoms with E-state index in [-0.39, 0.29) is 0 Å². The zero-order valence-electron chi connectivity index (χ0n) is 6.84. The summed E-state index contributed by atoms with van der Waals surface area (Å²) in [5.41, 5.74) is 0.578. The van der Waals surface area contributed by atoms with Crippen molar-refractivity contribution >= 4 is 12.2 Å². The Morgan fingerprint density at radius 1 is 1.46 bits per heavy atom. The van der Waals surface area contributed by atoms with Crippen molar-refractivity contribution in [3.63, 3.8) is 0 Å². The molecule has 0 saturated heterocycles. The van der Waals surface area contributed by atoms with Crippen molar-refractivity contribution in [3.8, 4) is 11.6 Å². The molecule has 0 atom stereocenters. The predicted molar refractivity (Wildman–Crippen MR) is 47.3 cm³/mol. The molecule has 0 aliphatic heterocycles. The quantitative estimate of drug-likeness (QED) is 0.638. The lowest BCUT2D eigenvalue weighted by molar-refractivity contribution is 0.533. The standard InChI is InChI=1S/C7H6N4OS/c1-11-7(13)12-6(10-11)5-4-8-2-3-9-5/h2-4H,1H3. The Kier molecular flexibility index (Phi) is 1.90. The molecular formula is C7H6N4OS. The van der Waals surface area contributed by atoms with Crippen molar-refractivity contribution in [2.45, 2.75) is 0 Å². The molecule has 0 amide bonds. The molecule has 0 aliphatic carbocycles. The highest BCUT2D eigenvalue weighted by Crippen LogP contribution is 2.11. The SMILES string of the molecule is Cn1nc(-c2cnccn2)oc1=S. The number of aryl methyl sites for hydroxylation is 1. The molecule has 0 aliphatic rings. The fraction of sp³-hybridized carbons (Fsp3) is 0.143. The van der Waals surface area contributed by atoms with Crippen LogP contribution in [-0.2, 0) is 7.05 Å². The Labute approximate surface area is 79.1 Å². The van der Waals surface area contributed by atoms with Crippen LogP contribution in [0, 0.1) is 4.84 Å². The van der Waals surface area contributed by atoms with Crippen molar-refractivity contribution in [2.75, 3.05) is 0 Å². The maximum absolute atomic E-state index is 5.16. The lowest BCUT2D eigenvalue weighted by atomic mass is 10.4. The van der Waals surface area contributed by atoms with E-state index in [0.717, 1.165) is 0 Å². The largest absolute Gasteiger partial charge is 0.408 e. The van der Waals surface area contributed by atoms with Gasteiger partial charge >= 0.3 is 0 Å².